The van der Waals surface area contributed by atoms with E-state index in [2.05, 4.69) is 26.3 Å². The molecule has 0 bridgehead atoms. The van der Waals surface area contributed by atoms with Crippen LogP contribution >= 0.6 is 0 Å². The third-order valence-electron chi connectivity index (χ3n) is 3.53. The highest BCUT2D eigenvalue weighted by Crippen LogP contribution is 2.37. The first kappa shape index (κ1) is 18.0. The molecule has 0 rings (SSSR count). The Balaban J connectivity index is 5.58. The minimum Gasteiger partial charge on any atom is -0.399 e. The van der Waals surface area contributed by atoms with Crippen LogP contribution in [-0.2, 0) is 0 Å². The minimum atomic E-state index is -0.467. The molecule has 0 saturated carbocycles. The Morgan fingerprint density at radius 2 is 1.20 bits per heavy atom. The third kappa shape index (κ3) is 4.59. The van der Waals surface area contributed by atoms with E-state index in [1.54, 1.807) is 24.3 Å². The van der Waals surface area contributed by atoms with Crippen molar-refractivity contribution in [3.63, 3.8) is 0 Å². The summed E-state index contributed by atoms with van der Waals surface area (Å²) < 4.78 is 0. The summed E-state index contributed by atoms with van der Waals surface area (Å²) in [6.07, 6.45) is 10.9. The number of hydrogen-bond donors (Lipinski definition) is 3. The van der Waals surface area contributed by atoms with Crippen LogP contribution in [0.5, 0.6) is 0 Å². The largest absolute Gasteiger partial charge is 0.399 e. The summed E-state index contributed by atoms with van der Waals surface area (Å²) in [4.78, 5) is 0. The average Bonchev–Trinajstić information content (AvgIpc) is 2.41. The second kappa shape index (κ2) is 6.96. The van der Waals surface area contributed by atoms with E-state index in [9.17, 15) is 0 Å². The summed E-state index contributed by atoms with van der Waals surface area (Å²) in [5.74, 6) is 0. The number of allylic oxidation sites excluding steroid dienone is 2. The van der Waals surface area contributed by atoms with Crippen molar-refractivity contribution in [1.82, 2.24) is 0 Å². The zero-order valence-corrected chi connectivity index (χ0v) is 12.6. The van der Waals surface area contributed by atoms with Gasteiger partial charge in [0, 0.05) is 28.3 Å². The van der Waals surface area contributed by atoms with Crippen LogP contribution in [0.4, 0.5) is 0 Å². The lowest BCUT2D eigenvalue weighted by Gasteiger charge is -2.40. The van der Waals surface area contributed by atoms with Gasteiger partial charge in [-0.25, -0.2) is 0 Å². The van der Waals surface area contributed by atoms with Gasteiger partial charge in [0.1, 0.15) is 0 Å². The Morgan fingerprint density at radius 1 is 0.900 bits per heavy atom. The molecule has 0 spiro atoms. The van der Waals surface area contributed by atoms with Crippen LogP contribution < -0.4 is 17.2 Å². The molecule has 0 saturated heterocycles. The molecular weight excluding hydrogens is 246 g/mol. The summed E-state index contributed by atoms with van der Waals surface area (Å²) >= 11 is 0. The molecule has 2 atom stereocenters. The Bertz CT molecular complexity index is 417. The van der Waals surface area contributed by atoms with Gasteiger partial charge in [-0.05, 0) is 12.2 Å². The maximum atomic E-state index is 6.44. The highest BCUT2D eigenvalue weighted by Gasteiger charge is 2.37. The predicted molar refractivity (Wildman–Crippen MR) is 89.5 cm³/mol. The fourth-order valence-electron chi connectivity index (χ4n) is 1.84. The molecule has 0 radical (unpaired) electrons. The van der Waals surface area contributed by atoms with Crippen LogP contribution in [0, 0.1) is 10.8 Å². The van der Waals surface area contributed by atoms with Gasteiger partial charge in [-0.15, -0.1) is 13.2 Å². The first-order valence-electron chi connectivity index (χ1n) is 6.41. The summed E-state index contributed by atoms with van der Waals surface area (Å²) in [6, 6.07) is -0.295. The normalized spacial score (nSPS) is 19.1. The molecule has 6 N–H and O–H groups in total. The molecule has 20 heavy (non-hydrogen) atoms. The van der Waals surface area contributed by atoms with Crippen molar-refractivity contribution in [2.24, 2.45) is 28.0 Å². The van der Waals surface area contributed by atoms with Gasteiger partial charge in [-0.3, -0.25) is 0 Å². The summed E-state index contributed by atoms with van der Waals surface area (Å²) in [7, 11) is 0. The zero-order chi connectivity index (χ0) is 16.0. The van der Waals surface area contributed by atoms with E-state index in [1.165, 1.54) is 0 Å². The van der Waals surface area contributed by atoms with E-state index in [4.69, 9.17) is 17.2 Å². The zero-order valence-electron chi connectivity index (χ0n) is 12.6. The first-order valence-corrected chi connectivity index (χ1v) is 6.41. The lowest BCUT2D eigenvalue weighted by molar-refractivity contribution is 0.293. The van der Waals surface area contributed by atoms with Crippen molar-refractivity contribution in [1.29, 1.82) is 0 Å². The van der Waals surface area contributed by atoms with Gasteiger partial charge >= 0.3 is 0 Å². The Morgan fingerprint density at radius 3 is 1.40 bits per heavy atom. The molecule has 0 aromatic heterocycles. The fourth-order valence-corrected chi connectivity index (χ4v) is 1.84. The second-order valence-electron chi connectivity index (χ2n) is 5.43. The highest BCUT2D eigenvalue weighted by molar-refractivity contribution is 5.27. The lowest BCUT2D eigenvalue weighted by atomic mass is 9.68. The third-order valence-corrected chi connectivity index (χ3v) is 3.53. The van der Waals surface area contributed by atoms with E-state index in [0.717, 1.165) is 0 Å². The van der Waals surface area contributed by atoms with Gasteiger partial charge in [0.2, 0.25) is 0 Å². The molecule has 3 nitrogen and oxygen atoms in total. The molecular formula is C17H27N3. The predicted octanol–water partition coefficient (Wildman–Crippen LogP) is 2.76. The van der Waals surface area contributed by atoms with Crippen molar-refractivity contribution < 1.29 is 0 Å². The molecule has 0 amide bonds. The van der Waals surface area contributed by atoms with Gasteiger partial charge in [0.05, 0.1) is 0 Å². The van der Waals surface area contributed by atoms with Gasteiger partial charge in [0.25, 0.3) is 0 Å². The number of nitrogens with two attached hydrogens (primary N) is 3. The van der Waals surface area contributed by atoms with Crippen LogP contribution in [0.2, 0.25) is 0 Å². The van der Waals surface area contributed by atoms with E-state index in [0.29, 0.717) is 11.4 Å². The monoisotopic (exact) mass is 273 g/mol. The Hall–Kier alpha value is -2.00. The molecule has 0 fully saturated rings. The molecule has 0 aromatic rings. The van der Waals surface area contributed by atoms with Crippen molar-refractivity contribution in [2.45, 2.75) is 19.9 Å². The fraction of sp³-hybridized carbons (Fsp3) is 0.294. The molecule has 0 aromatic carbocycles. The second-order valence-corrected chi connectivity index (χ2v) is 5.43. The topological polar surface area (TPSA) is 78.1 Å². The van der Waals surface area contributed by atoms with Crippen molar-refractivity contribution >= 4 is 0 Å². The van der Waals surface area contributed by atoms with Crippen LogP contribution in [0.15, 0.2) is 74.2 Å². The maximum absolute atomic E-state index is 6.44. The Labute approximate surface area is 122 Å². The van der Waals surface area contributed by atoms with Crippen molar-refractivity contribution in [3.8, 4) is 0 Å². The SMILES string of the molecule is C=CC(C)(/C=C\C(=C)N)C(N)C(C)(C=C)/C=C\C(=C)N. The van der Waals surface area contributed by atoms with Gasteiger partial charge in [-0.2, -0.15) is 0 Å². The smallest absolute Gasteiger partial charge is 0.0288 e. The van der Waals surface area contributed by atoms with Gasteiger partial charge in [0.15, 0.2) is 0 Å². The number of hydrogen-bond acceptors (Lipinski definition) is 3. The van der Waals surface area contributed by atoms with Crippen molar-refractivity contribution in [3.05, 3.63) is 74.2 Å². The van der Waals surface area contributed by atoms with Crippen molar-refractivity contribution in [2.75, 3.05) is 0 Å². The number of rotatable bonds is 8. The molecule has 0 aliphatic rings. The van der Waals surface area contributed by atoms with Crippen LogP contribution in [-0.4, -0.2) is 6.04 Å². The van der Waals surface area contributed by atoms with Gasteiger partial charge < -0.3 is 17.2 Å². The van der Waals surface area contributed by atoms with Crippen LogP contribution in [0.25, 0.3) is 0 Å². The molecule has 3 heteroatoms. The summed E-state index contributed by atoms with van der Waals surface area (Å²) in [5.41, 5.74) is 17.6. The summed E-state index contributed by atoms with van der Waals surface area (Å²) in [5, 5.41) is 0. The molecule has 0 aliphatic heterocycles. The van der Waals surface area contributed by atoms with E-state index in [-0.39, 0.29) is 6.04 Å². The minimum absolute atomic E-state index is 0.295. The highest BCUT2D eigenvalue weighted by atomic mass is 14.7. The molecule has 110 valence electrons. The lowest BCUT2D eigenvalue weighted by Crippen LogP contribution is -2.47. The maximum Gasteiger partial charge on any atom is 0.0288 e. The Kier molecular flexibility index (Phi) is 6.27. The molecule has 2 unspecified atom stereocenters. The standard InChI is InChI=1S/C17H27N3/c1-7-16(5,11-9-13(3)18)15(20)17(6,8-2)12-10-14(4)19/h7-12,15H,1-4,18-20H2,5-6H3/b11-9-,12-10-. The molecule has 0 aliphatic carbocycles. The first-order chi connectivity index (χ1) is 9.11. The van der Waals surface area contributed by atoms with Crippen LogP contribution in [0.1, 0.15) is 13.8 Å². The molecule has 0 heterocycles. The van der Waals surface area contributed by atoms with Gasteiger partial charge in [-0.1, -0.05) is 51.3 Å². The quantitative estimate of drug-likeness (QED) is 0.470. The van der Waals surface area contributed by atoms with E-state index >= 15 is 0 Å². The van der Waals surface area contributed by atoms with Crippen LogP contribution in [0.3, 0.4) is 0 Å². The average molecular weight is 273 g/mol. The van der Waals surface area contributed by atoms with E-state index < -0.39 is 10.8 Å². The van der Waals surface area contributed by atoms with E-state index in [1.807, 2.05) is 26.0 Å². The summed E-state index contributed by atoms with van der Waals surface area (Å²) in [6.45, 7) is 19.0.